The van der Waals surface area contributed by atoms with Crippen molar-refractivity contribution in [1.29, 1.82) is 0 Å². The van der Waals surface area contributed by atoms with Crippen molar-refractivity contribution in [3.05, 3.63) is 47.7 Å². The summed E-state index contributed by atoms with van der Waals surface area (Å²) >= 11 is 0. The van der Waals surface area contributed by atoms with Crippen molar-refractivity contribution >= 4 is 23.5 Å². The third-order valence-corrected chi connectivity index (χ3v) is 4.12. The molecule has 1 N–H and O–H groups in total. The summed E-state index contributed by atoms with van der Waals surface area (Å²) in [5, 5.41) is 6.24. The van der Waals surface area contributed by atoms with Gasteiger partial charge in [0.25, 0.3) is 0 Å². The summed E-state index contributed by atoms with van der Waals surface area (Å²) in [6, 6.07) is 11.2. The molecule has 1 aromatic heterocycles. The first-order chi connectivity index (χ1) is 12.0. The number of aryl methyl sites for hydroxylation is 1. The molecule has 0 radical (unpaired) electrons. The lowest BCUT2D eigenvalue weighted by atomic mass is 9.98. The molecule has 1 unspecified atom stereocenters. The Kier molecular flexibility index (Phi) is 4.92. The van der Waals surface area contributed by atoms with E-state index < -0.39 is 0 Å². The zero-order valence-corrected chi connectivity index (χ0v) is 13.9. The van der Waals surface area contributed by atoms with Gasteiger partial charge >= 0.3 is 0 Å². The third kappa shape index (κ3) is 4.12. The molecule has 2 heterocycles. The molecule has 1 atom stereocenters. The van der Waals surface area contributed by atoms with Crippen LogP contribution in [0.2, 0.25) is 0 Å². The number of carbonyl (C=O) groups is 3. The van der Waals surface area contributed by atoms with Crippen LogP contribution in [0.15, 0.2) is 40.9 Å². The summed E-state index contributed by atoms with van der Waals surface area (Å²) in [5.74, 6) is -0.195. The Morgan fingerprint density at radius 1 is 1.32 bits per heavy atom. The van der Waals surface area contributed by atoms with Crippen molar-refractivity contribution < 1.29 is 18.9 Å². The summed E-state index contributed by atoms with van der Waals surface area (Å²) < 4.78 is 4.86. The zero-order chi connectivity index (χ0) is 17.8. The Bertz CT molecular complexity index is 785. The van der Waals surface area contributed by atoms with Gasteiger partial charge in [-0.15, -0.1) is 0 Å². The molecule has 0 bridgehead atoms. The molecule has 1 saturated heterocycles. The topological polar surface area (TPSA) is 92.5 Å². The molecule has 130 valence electrons. The highest BCUT2D eigenvalue weighted by Gasteiger charge is 2.38. The van der Waals surface area contributed by atoms with E-state index >= 15 is 0 Å². The van der Waals surface area contributed by atoms with Crippen LogP contribution in [-0.4, -0.2) is 34.3 Å². The van der Waals surface area contributed by atoms with Crippen molar-refractivity contribution in [1.82, 2.24) is 10.1 Å². The van der Waals surface area contributed by atoms with Crippen LogP contribution in [0.25, 0.3) is 0 Å². The van der Waals surface area contributed by atoms with Gasteiger partial charge in [-0.1, -0.05) is 35.5 Å². The largest absolute Gasteiger partial charge is 0.360 e. The molecule has 3 amide bonds. The quantitative estimate of drug-likeness (QED) is 0.811. The van der Waals surface area contributed by atoms with E-state index in [4.69, 9.17) is 4.52 Å². The molecule has 1 fully saturated rings. The van der Waals surface area contributed by atoms with Crippen LogP contribution >= 0.6 is 0 Å². The summed E-state index contributed by atoms with van der Waals surface area (Å²) in [6.45, 7) is 1.79. The molecule has 3 rings (SSSR count). The van der Waals surface area contributed by atoms with E-state index in [2.05, 4.69) is 10.5 Å². The lowest BCUT2D eigenvalue weighted by Crippen LogP contribution is -2.34. The monoisotopic (exact) mass is 341 g/mol. The first kappa shape index (κ1) is 16.9. The van der Waals surface area contributed by atoms with Gasteiger partial charge in [-0.3, -0.25) is 19.3 Å². The Morgan fingerprint density at radius 2 is 2.08 bits per heavy atom. The zero-order valence-electron chi connectivity index (χ0n) is 13.9. The molecule has 7 heteroatoms. The summed E-state index contributed by atoms with van der Waals surface area (Å²) in [7, 11) is 0. The Hall–Kier alpha value is -2.96. The molecule has 25 heavy (non-hydrogen) atoms. The van der Waals surface area contributed by atoms with E-state index in [-0.39, 0.29) is 43.0 Å². The minimum absolute atomic E-state index is 0.0292. The smallest absolute Gasteiger partial charge is 0.233 e. The van der Waals surface area contributed by atoms with Crippen LogP contribution in [0.3, 0.4) is 0 Å². The highest BCUT2D eigenvalue weighted by Crippen LogP contribution is 2.23. The number of likely N-dealkylation sites (tertiary alicyclic amines) is 1. The van der Waals surface area contributed by atoms with Crippen LogP contribution in [0.4, 0.5) is 5.82 Å². The molecule has 1 aliphatic heterocycles. The van der Waals surface area contributed by atoms with Gasteiger partial charge in [0, 0.05) is 25.5 Å². The fourth-order valence-corrected chi connectivity index (χ4v) is 2.89. The predicted molar refractivity (Wildman–Crippen MR) is 89.5 cm³/mol. The van der Waals surface area contributed by atoms with Crippen molar-refractivity contribution in [2.24, 2.45) is 5.92 Å². The molecule has 1 aliphatic rings. The number of hydrogen-bond donors (Lipinski definition) is 1. The van der Waals surface area contributed by atoms with E-state index in [1.54, 1.807) is 13.0 Å². The van der Waals surface area contributed by atoms with Gasteiger partial charge < -0.3 is 9.84 Å². The Labute approximate surface area is 145 Å². The van der Waals surface area contributed by atoms with Gasteiger partial charge in [-0.05, 0) is 18.9 Å². The lowest BCUT2D eigenvalue weighted by Gasteiger charge is -2.14. The van der Waals surface area contributed by atoms with E-state index in [0.717, 1.165) is 5.56 Å². The maximum Gasteiger partial charge on any atom is 0.233 e. The SMILES string of the molecule is Cc1cc(NC(=O)CCN2C(=O)CC(Cc3ccccc3)C2=O)no1. The second-order valence-corrected chi connectivity index (χ2v) is 6.10. The van der Waals surface area contributed by atoms with Crippen LogP contribution in [0, 0.1) is 12.8 Å². The normalized spacial score (nSPS) is 17.2. The molecule has 0 saturated carbocycles. The number of nitrogens with zero attached hydrogens (tertiary/aromatic N) is 2. The van der Waals surface area contributed by atoms with Crippen LogP contribution in [-0.2, 0) is 20.8 Å². The summed E-state index contributed by atoms with van der Waals surface area (Å²) in [4.78, 5) is 37.7. The third-order valence-electron chi connectivity index (χ3n) is 4.12. The maximum atomic E-state index is 12.4. The second-order valence-electron chi connectivity index (χ2n) is 6.10. The van der Waals surface area contributed by atoms with Crippen LogP contribution in [0.5, 0.6) is 0 Å². The highest BCUT2D eigenvalue weighted by molar-refractivity contribution is 6.04. The first-order valence-electron chi connectivity index (χ1n) is 8.14. The number of anilines is 1. The summed E-state index contributed by atoms with van der Waals surface area (Å²) in [6.07, 6.45) is 0.756. The number of hydrogen-bond acceptors (Lipinski definition) is 5. The molecule has 2 aromatic rings. The first-order valence-corrected chi connectivity index (χ1v) is 8.14. The standard InChI is InChI=1S/C18H19N3O4/c1-12-9-15(20-25-12)19-16(22)7-8-21-17(23)11-14(18(21)24)10-13-5-3-2-4-6-13/h2-6,9,14H,7-8,10-11H2,1H3,(H,19,20,22). The van der Waals surface area contributed by atoms with E-state index in [0.29, 0.717) is 18.0 Å². The molecular weight excluding hydrogens is 322 g/mol. The van der Waals surface area contributed by atoms with Crippen molar-refractivity contribution in [3.8, 4) is 0 Å². The van der Waals surface area contributed by atoms with Gasteiger partial charge in [-0.25, -0.2) is 0 Å². The number of imide groups is 1. The Balaban J connectivity index is 1.53. The number of nitrogens with one attached hydrogen (secondary N) is 1. The van der Waals surface area contributed by atoms with Gasteiger partial charge in [0.15, 0.2) is 5.82 Å². The number of benzene rings is 1. The van der Waals surface area contributed by atoms with E-state index in [9.17, 15) is 14.4 Å². The minimum Gasteiger partial charge on any atom is -0.360 e. The number of amides is 3. The van der Waals surface area contributed by atoms with Gasteiger partial charge in [0.2, 0.25) is 17.7 Å². The van der Waals surface area contributed by atoms with Crippen molar-refractivity contribution in [2.45, 2.75) is 26.2 Å². The van der Waals surface area contributed by atoms with Gasteiger partial charge in [0.1, 0.15) is 5.76 Å². The molecule has 0 aliphatic carbocycles. The number of carbonyl (C=O) groups excluding carboxylic acids is 3. The summed E-state index contributed by atoms with van der Waals surface area (Å²) in [5.41, 5.74) is 1.02. The average molecular weight is 341 g/mol. The van der Waals surface area contributed by atoms with E-state index in [1.165, 1.54) is 4.90 Å². The average Bonchev–Trinajstić information content (AvgIpc) is 3.10. The van der Waals surface area contributed by atoms with Crippen LogP contribution < -0.4 is 5.32 Å². The molecule has 7 nitrogen and oxygen atoms in total. The van der Waals surface area contributed by atoms with Crippen molar-refractivity contribution in [3.63, 3.8) is 0 Å². The van der Waals surface area contributed by atoms with Crippen molar-refractivity contribution in [2.75, 3.05) is 11.9 Å². The van der Waals surface area contributed by atoms with Gasteiger partial charge in [0.05, 0.1) is 5.92 Å². The predicted octanol–water partition coefficient (Wildman–Crippen LogP) is 1.93. The number of rotatable bonds is 6. The fraction of sp³-hybridized carbons (Fsp3) is 0.333. The molecular formula is C18H19N3O4. The number of aromatic nitrogens is 1. The Morgan fingerprint density at radius 3 is 2.76 bits per heavy atom. The molecule has 0 spiro atoms. The van der Waals surface area contributed by atoms with Crippen LogP contribution in [0.1, 0.15) is 24.2 Å². The fourth-order valence-electron chi connectivity index (χ4n) is 2.89. The lowest BCUT2D eigenvalue weighted by molar-refractivity contribution is -0.139. The minimum atomic E-state index is -0.351. The van der Waals surface area contributed by atoms with Gasteiger partial charge in [-0.2, -0.15) is 0 Å². The maximum absolute atomic E-state index is 12.4. The highest BCUT2D eigenvalue weighted by atomic mass is 16.5. The molecule has 1 aromatic carbocycles. The van der Waals surface area contributed by atoms with E-state index in [1.807, 2.05) is 30.3 Å². The second kappa shape index (κ2) is 7.29.